The summed E-state index contributed by atoms with van der Waals surface area (Å²) in [6.45, 7) is 37.2. The van der Waals surface area contributed by atoms with Crippen LogP contribution in [-0.2, 0) is 44.8 Å². The molecule has 0 saturated carbocycles. The van der Waals surface area contributed by atoms with Crippen molar-refractivity contribution in [3.63, 3.8) is 0 Å². The Morgan fingerprint density at radius 2 is 0.511 bits per heavy atom. The first-order valence-electron chi connectivity index (χ1n) is 31.6. The van der Waals surface area contributed by atoms with Crippen LogP contribution in [0.25, 0.3) is 88.4 Å². The van der Waals surface area contributed by atoms with Gasteiger partial charge in [0.05, 0.1) is 44.8 Å². The molecule has 0 amide bonds. The fraction of sp³-hybridized carbons (Fsp3) is 0.300. The molecule has 0 aliphatic heterocycles. The number of imidazole rings is 2. The van der Waals surface area contributed by atoms with Crippen molar-refractivity contribution in [2.24, 2.45) is 0 Å². The summed E-state index contributed by atoms with van der Waals surface area (Å²) < 4.78 is 9.67. The van der Waals surface area contributed by atoms with Crippen molar-refractivity contribution in [2.75, 3.05) is 0 Å². The van der Waals surface area contributed by atoms with Crippen LogP contribution in [0.3, 0.4) is 0 Å². The molecule has 460 valence electrons. The van der Waals surface area contributed by atoms with Crippen LogP contribution in [-0.4, -0.2) is 9.13 Å². The Balaban J connectivity index is 0.000000265. The van der Waals surface area contributed by atoms with Crippen LogP contribution in [0.4, 0.5) is 0 Å². The molecule has 6 nitrogen and oxygen atoms in total. The molecule has 0 atom stereocenters. The zero-order chi connectivity index (χ0) is 60.8. The molecule has 0 aliphatic carbocycles. The average Bonchev–Trinajstić information content (AvgIpc) is 1.61. The van der Waals surface area contributed by atoms with E-state index in [2.05, 4.69) is 309 Å². The van der Waals surface area contributed by atoms with Gasteiger partial charge < -0.3 is 9.97 Å². The van der Waals surface area contributed by atoms with Crippen LogP contribution >= 0.6 is 0 Å². The van der Waals surface area contributed by atoms with Crippen LogP contribution in [0.15, 0.2) is 182 Å². The van der Waals surface area contributed by atoms with E-state index >= 15 is 0 Å². The van der Waals surface area contributed by atoms with Crippen molar-refractivity contribution < 1.29 is 53.9 Å². The molecule has 8 heteroatoms. The van der Waals surface area contributed by atoms with E-state index in [0.717, 1.165) is 44.1 Å². The number of aromatic nitrogens is 6. The van der Waals surface area contributed by atoms with E-state index in [4.69, 9.17) is 0 Å². The smallest absolute Gasteiger partial charge is 0.269 e. The number of fused-ring (bicyclic) bond motifs is 8. The number of benzene rings is 9. The molecule has 2 radical (unpaired) electrons. The topological polar surface area (TPSA) is 45.8 Å². The van der Waals surface area contributed by atoms with Gasteiger partial charge in [0.15, 0.2) is 0 Å². The third kappa shape index (κ3) is 12.4. The first kappa shape index (κ1) is 65.4. The van der Waals surface area contributed by atoms with Crippen molar-refractivity contribution in [3.8, 4) is 22.7 Å². The molecule has 0 bridgehead atoms. The maximum absolute atomic E-state index is 4.52. The second kappa shape index (κ2) is 27.4. The van der Waals surface area contributed by atoms with E-state index < -0.39 is 0 Å². The number of rotatable bonds is 12. The zero-order valence-corrected chi connectivity index (χ0v) is 58.6. The number of hydrogen-bond donors (Lipinski definition) is 0. The molecule has 0 saturated heterocycles. The van der Waals surface area contributed by atoms with Gasteiger partial charge in [0.1, 0.15) is 0 Å². The minimum absolute atomic E-state index is 0. The predicted molar refractivity (Wildman–Crippen MR) is 363 cm³/mol. The second-order valence-corrected chi connectivity index (χ2v) is 26.0. The third-order valence-electron chi connectivity index (χ3n) is 17.4. The molecular weight excluding hydrogens is 1440 g/mol. The Labute approximate surface area is 554 Å². The summed E-state index contributed by atoms with van der Waals surface area (Å²) >= 11 is 0. The molecule has 88 heavy (non-hydrogen) atoms. The van der Waals surface area contributed by atoms with Crippen LogP contribution in [0, 0.1) is 12.7 Å². The van der Waals surface area contributed by atoms with Gasteiger partial charge in [-0.2, -0.15) is 0 Å². The quantitative estimate of drug-likeness (QED) is 0.0695. The van der Waals surface area contributed by atoms with Gasteiger partial charge in [0, 0.05) is 44.8 Å². The van der Waals surface area contributed by atoms with E-state index in [-0.39, 0.29) is 44.8 Å². The fourth-order valence-corrected chi connectivity index (χ4v) is 12.9. The molecule has 13 aromatic rings. The molecule has 9 aromatic carbocycles. The van der Waals surface area contributed by atoms with Gasteiger partial charge in [-0.15, -0.1) is 22.1 Å². The van der Waals surface area contributed by atoms with Gasteiger partial charge in [-0.05, 0) is 126 Å². The van der Waals surface area contributed by atoms with Gasteiger partial charge in [-0.25, -0.2) is 0 Å². The number of para-hydroxylation sites is 8. The van der Waals surface area contributed by atoms with Crippen molar-refractivity contribution in [3.05, 3.63) is 239 Å². The molecule has 0 aliphatic rings. The van der Waals surface area contributed by atoms with Gasteiger partial charge in [-0.1, -0.05) is 281 Å². The van der Waals surface area contributed by atoms with Gasteiger partial charge >= 0.3 is 0 Å². The minimum Gasteiger partial charge on any atom is -0.657 e. The van der Waals surface area contributed by atoms with Crippen LogP contribution in [0.2, 0.25) is 0 Å². The molecular formula is C80H86Au2N6-2. The number of nitrogens with zero attached hydrogens (tertiary/aromatic N) is 6. The summed E-state index contributed by atoms with van der Waals surface area (Å²) in [5, 5.41) is 4.99. The summed E-state index contributed by atoms with van der Waals surface area (Å²) in [4.78, 5) is 9.03. The molecule has 4 aromatic heterocycles. The zero-order valence-electron chi connectivity index (χ0n) is 54.2. The predicted octanol–water partition coefficient (Wildman–Crippen LogP) is 20.6. The maximum atomic E-state index is 4.52. The number of hydrogen-bond acceptors (Lipinski definition) is 0. The first-order valence-corrected chi connectivity index (χ1v) is 31.6. The van der Waals surface area contributed by atoms with Gasteiger partial charge in [0.25, 0.3) is 12.7 Å². The second-order valence-electron chi connectivity index (χ2n) is 26.0. The summed E-state index contributed by atoms with van der Waals surface area (Å²) in [6.07, 6.45) is 8.22. The standard InChI is InChI=1S/C56H70N4.2C12H8N.2Au/c1-33(2)41-21-17-22-42(34(3)4)53(41)57-31-58(54-43(35(5)6)23-18-24-44(54)36(7)8)50-30-52-51(29-49(50)57)59(55-45(37(9)10)25-19-26-46(55)38(11)12)32-60(52)56-47(39(13)14)27-20-28-48(56)40(15)16;2*1-3-7-11-9(5-1)10-6-2-4-8-12(10)13-11;;/h17-30,33-40H,1-16H3;2*1-8H;;/q;2*-1;;. The first-order chi connectivity index (χ1) is 41.3. The van der Waals surface area contributed by atoms with Gasteiger partial charge in [0.2, 0.25) is 0 Å². The van der Waals surface area contributed by atoms with Crippen molar-refractivity contribution in [1.29, 1.82) is 0 Å². The SMILES string of the molecule is CC(C)c1cccc(C(C)C)c1-n1[c-][n+](-c2c(C(C)C)cccc2C(C)C)c2cc3c(cc21)n(-c1c(C(C)C)cccc1C(C)C)[c-][n+]3-c1c(C(C)C)cccc1C(C)C.[Au].[Au].c1ccc2c(c1)[n-]c1ccccc12.c1ccc2c(c1)[n-]c1ccccc12. The molecule has 0 N–H and O–H groups in total. The molecule has 4 heterocycles. The maximum Gasteiger partial charge on any atom is 0.269 e. The van der Waals surface area contributed by atoms with Crippen molar-refractivity contribution in [2.45, 2.75) is 158 Å². The van der Waals surface area contributed by atoms with E-state index in [0.29, 0.717) is 47.3 Å². The Morgan fingerprint density at radius 1 is 0.284 bits per heavy atom. The molecule has 0 fully saturated rings. The minimum atomic E-state index is 0. The van der Waals surface area contributed by atoms with Crippen LogP contribution in [0.5, 0.6) is 0 Å². The Kier molecular flexibility index (Phi) is 20.4. The van der Waals surface area contributed by atoms with E-state index in [1.165, 1.54) is 88.8 Å². The monoisotopic (exact) mass is 1520 g/mol. The summed E-state index contributed by atoms with van der Waals surface area (Å²) in [5.74, 6) is 2.58. The third-order valence-corrected chi connectivity index (χ3v) is 17.4. The molecule has 0 unspecified atom stereocenters. The summed E-state index contributed by atoms with van der Waals surface area (Å²) in [6, 6.07) is 65.5. The van der Waals surface area contributed by atoms with E-state index in [1.807, 2.05) is 24.3 Å². The Morgan fingerprint density at radius 3 is 0.750 bits per heavy atom. The van der Waals surface area contributed by atoms with Crippen molar-refractivity contribution in [1.82, 2.24) is 19.1 Å². The average molecular weight is 1530 g/mol. The Hall–Kier alpha value is -7.00. The molecule has 0 spiro atoms. The van der Waals surface area contributed by atoms with E-state index in [9.17, 15) is 0 Å². The van der Waals surface area contributed by atoms with Crippen LogP contribution in [0.1, 0.15) is 203 Å². The van der Waals surface area contributed by atoms with Crippen LogP contribution < -0.4 is 19.1 Å². The summed E-state index contributed by atoms with van der Waals surface area (Å²) in [7, 11) is 0. The van der Waals surface area contributed by atoms with Crippen molar-refractivity contribution >= 4 is 65.7 Å². The molecule has 13 rings (SSSR count). The fourth-order valence-electron chi connectivity index (χ4n) is 12.9. The van der Waals surface area contributed by atoms with E-state index in [1.54, 1.807) is 0 Å². The normalized spacial score (nSPS) is 11.8. The van der Waals surface area contributed by atoms with Gasteiger partial charge in [-0.3, -0.25) is 18.3 Å². The summed E-state index contributed by atoms with van der Waals surface area (Å²) in [5.41, 5.74) is 24.5. The Bertz CT molecular complexity index is 3900. The largest absolute Gasteiger partial charge is 0.657 e.